The molecule has 0 saturated heterocycles. The molecule has 138 valence electrons. The number of carbonyl (C=O) groups excluding carboxylic acids is 1. The molecule has 1 aromatic carbocycles. The minimum atomic E-state index is -0.489. The second-order valence-corrected chi connectivity index (χ2v) is 7.91. The lowest BCUT2D eigenvalue weighted by molar-refractivity contribution is 0.143. The minimum absolute atomic E-state index is 0.202. The van der Waals surface area contributed by atoms with Crippen LogP contribution in [-0.4, -0.2) is 22.8 Å². The van der Waals surface area contributed by atoms with Crippen LogP contribution in [-0.2, 0) is 4.84 Å². The zero-order chi connectivity index (χ0) is 18.5. The molecule has 0 atom stereocenters. The van der Waals surface area contributed by atoms with Gasteiger partial charge in [-0.3, -0.25) is 4.84 Å². The minimum Gasteiger partial charge on any atom is -0.317 e. The summed E-state index contributed by atoms with van der Waals surface area (Å²) in [5.74, 6) is 0. The first-order valence-corrected chi connectivity index (χ1v) is 9.98. The van der Waals surface area contributed by atoms with Gasteiger partial charge in [-0.25, -0.2) is 9.78 Å². The van der Waals surface area contributed by atoms with Crippen LogP contribution in [0.3, 0.4) is 0 Å². The second-order valence-electron chi connectivity index (χ2n) is 6.48. The average molecular weight is 392 g/mol. The third-order valence-electron chi connectivity index (χ3n) is 4.41. The van der Waals surface area contributed by atoms with E-state index < -0.39 is 6.09 Å². The molecule has 5 nitrogen and oxygen atoms in total. The summed E-state index contributed by atoms with van der Waals surface area (Å²) in [6, 6.07) is 7.75. The quantitative estimate of drug-likeness (QED) is 0.422. The molecule has 26 heavy (non-hydrogen) atoms. The maximum Gasteiger partial charge on any atom is 0.433 e. The van der Waals surface area contributed by atoms with E-state index in [1.165, 1.54) is 17.8 Å². The molecule has 1 fully saturated rings. The van der Waals surface area contributed by atoms with Crippen molar-refractivity contribution < 1.29 is 9.63 Å². The number of amides is 1. The lowest BCUT2D eigenvalue weighted by atomic mass is 9.96. The van der Waals surface area contributed by atoms with Crippen molar-refractivity contribution in [2.75, 3.05) is 0 Å². The van der Waals surface area contributed by atoms with Crippen LogP contribution in [0.5, 0.6) is 0 Å². The molecule has 0 bridgehead atoms. The first kappa shape index (κ1) is 18.9. The van der Waals surface area contributed by atoms with Gasteiger partial charge in [0.05, 0.1) is 16.3 Å². The Hall–Kier alpha value is -1.92. The number of hydrogen-bond donors (Lipinski definition) is 1. The van der Waals surface area contributed by atoms with Gasteiger partial charge in [0.1, 0.15) is 5.01 Å². The Kier molecular flexibility index (Phi) is 6.27. The van der Waals surface area contributed by atoms with Crippen molar-refractivity contribution in [1.82, 2.24) is 10.3 Å². The summed E-state index contributed by atoms with van der Waals surface area (Å²) in [4.78, 5) is 22.5. The van der Waals surface area contributed by atoms with E-state index in [1.807, 2.05) is 38.1 Å². The van der Waals surface area contributed by atoms with Gasteiger partial charge in [0.15, 0.2) is 0 Å². The number of nitrogens with one attached hydrogen (secondary N) is 1. The smallest absolute Gasteiger partial charge is 0.317 e. The zero-order valence-electron chi connectivity index (χ0n) is 14.9. The number of thiazole rings is 1. The highest BCUT2D eigenvalue weighted by molar-refractivity contribution is 7.17. The van der Waals surface area contributed by atoms with Gasteiger partial charge in [-0.2, -0.15) is 0 Å². The van der Waals surface area contributed by atoms with E-state index in [4.69, 9.17) is 16.4 Å². The van der Waals surface area contributed by atoms with Crippen molar-refractivity contribution in [3.63, 3.8) is 0 Å². The van der Waals surface area contributed by atoms with Crippen LogP contribution in [0.4, 0.5) is 4.79 Å². The molecule has 1 N–H and O–H groups in total. The Labute approximate surface area is 162 Å². The zero-order valence-corrected chi connectivity index (χ0v) is 16.5. The first-order chi connectivity index (χ1) is 12.5. The van der Waals surface area contributed by atoms with E-state index in [9.17, 15) is 4.79 Å². The van der Waals surface area contributed by atoms with Gasteiger partial charge in [-0.05, 0) is 38.8 Å². The molecule has 0 spiro atoms. The molecular formula is C19H22ClN3O2S. The predicted molar refractivity (Wildman–Crippen MR) is 106 cm³/mol. The lowest BCUT2D eigenvalue weighted by Gasteiger charge is -2.21. The van der Waals surface area contributed by atoms with Gasteiger partial charge >= 0.3 is 6.09 Å². The molecule has 1 aromatic heterocycles. The third-order valence-corrected chi connectivity index (χ3v) is 5.98. The van der Waals surface area contributed by atoms with Gasteiger partial charge < -0.3 is 5.32 Å². The van der Waals surface area contributed by atoms with Crippen LogP contribution in [0.2, 0.25) is 5.02 Å². The van der Waals surface area contributed by atoms with Crippen molar-refractivity contribution in [2.24, 2.45) is 5.16 Å². The van der Waals surface area contributed by atoms with Gasteiger partial charge in [0.25, 0.3) is 0 Å². The van der Waals surface area contributed by atoms with E-state index in [1.54, 1.807) is 0 Å². The van der Waals surface area contributed by atoms with E-state index in [0.717, 1.165) is 46.8 Å². The van der Waals surface area contributed by atoms with Crippen molar-refractivity contribution in [3.8, 4) is 10.6 Å². The summed E-state index contributed by atoms with van der Waals surface area (Å²) in [6.45, 7) is 3.74. The van der Waals surface area contributed by atoms with Crippen LogP contribution < -0.4 is 5.32 Å². The third kappa shape index (κ3) is 4.83. The van der Waals surface area contributed by atoms with Crippen LogP contribution in [0, 0.1) is 6.92 Å². The maximum absolute atomic E-state index is 11.9. The highest BCUT2D eigenvalue weighted by atomic mass is 35.5. The Morgan fingerprint density at radius 3 is 2.65 bits per heavy atom. The second kappa shape index (κ2) is 8.64. The van der Waals surface area contributed by atoms with Gasteiger partial charge in [-0.1, -0.05) is 48.2 Å². The van der Waals surface area contributed by atoms with E-state index in [0.29, 0.717) is 10.7 Å². The fourth-order valence-corrected chi connectivity index (χ4v) is 4.17. The summed E-state index contributed by atoms with van der Waals surface area (Å²) in [5.41, 5.74) is 2.49. The molecule has 0 aliphatic heterocycles. The first-order valence-electron chi connectivity index (χ1n) is 8.79. The molecule has 1 amide bonds. The van der Waals surface area contributed by atoms with Crippen LogP contribution in [0.15, 0.2) is 29.4 Å². The Bertz CT molecular complexity index is 796. The standard InChI is InChI=1S/C19H22ClN3O2S/c1-12-17(26-18(21-12)14-8-10-15(20)11-9-14)13(2)23-25-19(24)22-16-6-4-3-5-7-16/h8-11,16H,3-7H2,1-2H3,(H,22,24)/b23-13-. The van der Waals surface area contributed by atoms with Crippen molar-refractivity contribution in [3.05, 3.63) is 39.9 Å². The number of rotatable bonds is 4. The number of hydrogen-bond acceptors (Lipinski definition) is 5. The number of benzene rings is 1. The summed E-state index contributed by atoms with van der Waals surface area (Å²) >= 11 is 7.45. The normalized spacial score (nSPS) is 15.7. The number of halogens is 1. The van der Waals surface area contributed by atoms with Crippen molar-refractivity contribution in [2.45, 2.75) is 52.0 Å². The molecule has 1 aliphatic rings. The fraction of sp³-hybridized carbons (Fsp3) is 0.421. The lowest BCUT2D eigenvalue weighted by Crippen LogP contribution is -2.35. The number of aryl methyl sites for hydroxylation is 1. The Balaban J connectivity index is 1.65. The van der Waals surface area contributed by atoms with E-state index >= 15 is 0 Å². The summed E-state index contributed by atoms with van der Waals surface area (Å²) in [6.07, 6.45) is 5.08. The Morgan fingerprint density at radius 1 is 1.27 bits per heavy atom. The number of carbonyl (C=O) groups is 1. The molecule has 2 aromatic rings. The molecule has 0 unspecified atom stereocenters. The van der Waals surface area contributed by atoms with Crippen molar-refractivity contribution in [1.29, 1.82) is 0 Å². The van der Waals surface area contributed by atoms with Crippen LogP contribution in [0.1, 0.15) is 49.6 Å². The number of aromatic nitrogens is 1. The fourth-order valence-electron chi connectivity index (χ4n) is 3.04. The van der Waals surface area contributed by atoms with E-state index in [-0.39, 0.29) is 6.04 Å². The predicted octanol–water partition coefficient (Wildman–Crippen LogP) is 5.55. The monoisotopic (exact) mass is 391 g/mol. The number of nitrogens with zero attached hydrogens (tertiary/aromatic N) is 2. The van der Waals surface area contributed by atoms with Gasteiger partial charge in [-0.15, -0.1) is 11.3 Å². The van der Waals surface area contributed by atoms with Crippen molar-refractivity contribution >= 4 is 34.7 Å². The molecular weight excluding hydrogens is 370 g/mol. The average Bonchev–Trinajstić information content (AvgIpc) is 3.03. The van der Waals surface area contributed by atoms with E-state index in [2.05, 4.69) is 15.5 Å². The molecule has 1 aliphatic carbocycles. The summed E-state index contributed by atoms with van der Waals surface area (Å²) < 4.78 is 0. The highest BCUT2D eigenvalue weighted by Crippen LogP contribution is 2.29. The maximum atomic E-state index is 11.9. The van der Waals surface area contributed by atoms with Crippen LogP contribution in [0.25, 0.3) is 10.6 Å². The molecule has 7 heteroatoms. The highest BCUT2D eigenvalue weighted by Gasteiger charge is 2.17. The molecule has 1 heterocycles. The Morgan fingerprint density at radius 2 is 1.96 bits per heavy atom. The largest absolute Gasteiger partial charge is 0.433 e. The molecule has 3 rings (SSSR count). The molecule has 1 saturated carbocycles. The number of oxime groups is 1. The summed E-state index contributed by atoms with van der Waals surface area (Å²) in [7, 11) is 0. The topological polar surface area (TPSA) is 63.6 Å². The summed E-state index contributed by atoms with van der Waals surface area (Å²) in [5, 5.41) is 8.46. The van der Waals surface area contributed by atoms with Gasteiger partial charge in [0, 0.05) is 16.6 Å². The van der Waals surface area contributed by atoms with Crippen LogP contribution >= 0.6 is 22.9 Å². The SMILES string of the molecule is C/C(=N/OC(=O)NC1CCCCC1)c1sc(-c2ccc(Cl)cc2)nc1C. The molecule has 0 radical (unpaired) electrons. The van der Waals surface area contributed by atoms with Gasteiger partial charge in [0.2, 0.25) is 0 Å².